The molecule has 0 aliphatic carbocycles. The van der Waals surface area contributed by atoms with Crippen molar-refractivity contribution in [2.75, 3.05) is 26.4 Å². The minimum Gasteiger partial charge on any atom is -0.394 e. The van der Waals surface area contributed by atoms with Gasteiger partial charge in [-0.15, -0.1) is 12.4 Å². The van der Waals surface area contributed by atoms with Gasteiger partial charge in [0.15, 0.2) is 0 Å². The van der Waals surface area contributed by atoms with Gasteiger partial charge in [0, 0.05) is 25.5 Å². The third kappa shape index (κ3) is 3.85. The lowest BCUT2D eigenvalue weighted by Gasteiger charge is -2.21. The summed E-state index contributed by atoms with van der Waals surface area (Å²) in [7, 11) is 0. The Bertz CT molecular complexity index is 166. The SMILES string of the molecule is CCN1C=CN(CC(O)CO)C1.Cl. The number of aliphatic hydroxyl groups excluding tert-OH is 2. The average molecular weight is 209 g/mol. The lowest BCUT2D eigenvalue weighted by atomic mass is 10.3. The molecule has 1 unspecified atom stereocenters. The molecule has 0 aromatic heterocycles. The van der Waals surface area contributed by atoms with Gasteiger partial charge in [-0.25, -0.2) is 0 Å². The summed E-state index contributed by atoms with van der Waals surface area (Å²) in [6, 6.07) is 0. The van der Waals surface area contributed by atoms with Crippen LogP contribution in [0.1, 0.15) is 6.92 Å². The number of hydrogen-bond acceptors (Lipinski definition) is 4. The Morgan fingerprint density at radius 1 is 1.38 bits per heavy atom. The number of nitrogens with zero attached hydrogens (tertiary/aromatic N) is 2. The van der Waals surface area contributed by atoms with E-state index in [0.717, 1.165) is 13.2 Å². The Morgan fingerprint density at radius 2 is 2.00 bits per heavy atom. The van der Waals surface area contributed by atoms with E-state index in [9.17, 15) is 0 Å². The Labute approximate surface area is 84.9 Å². The van der Waals surface area contributed by atoms with Crippen LogP contribution >= 0.6 is 12.4 Å². The van der Waals surface area contributed by atoms with E-state index in [2.05, 4.69) is 11.8 Å². The van der Waals surface area contributed by atoms with Gasteiger partial charge in [0.25, 0.3) is 0 Å². The fraction of sp³-hybridized carbons (Fsp3) is 0.750. The Hall–Kier alpha value is -0.450. The molecule has 1 aliphatic rings. The van der Waals surface area contributed by atoms with Gasteiger partial charge in [-0.2, -0.15) is 0 Å². The summed E-state index contributed by atoms with van der Waals surface area (Å²) in [4.78, 5) is 4.11. The molecule has 0 amide bonds. The maximum atomic E-state index is 9.13. The van der Waals surface area contributed by atoms with Crippen LogP contribution in [0.3, 0.4) is 0 Å². The lowest BCUT2D eigenvalue weighted by molar-refractivity contribution is 0.0672. The Kier molecular flexibility index (Phi) is 5.86. The quantitative estimate of drug-likeness (QED) is 0.674. The number of halogens is 1. The van der Waals surface area contributed by atoms with E-state index in [0.29, 0.717) is 6.54 Å². The zero-order valence-corrected chi connectivity index (χ0v) is 8.57. The number of rotatable bonds is 4. The fourth-order valence-electron chi connectivity index (χ4n) is 1.17. The highest BCUT2D eigenvalue weighted by Crippen LogP contribution is 2.05. The summed E-state index contributed by atoms with van der Waals surface area (Å²) in [5.41, 5.74) is 0. The Morgan fingerprint density at radius 3 is 2.46 bits per heavy atom. The van der Waals surface area contributed by atoms with Crippen molar-refractivity contribution in [2.24, 2.45) is 0 Å². The number of aliphatic hydroxyl groups is 2. The van der Waals surface area contributed by atoms with E-state index in [1.165, 1.54) is 0 Å². The van der Waals surface area contributed by atoms with E-state index < -0.39 is 6.10 Å². The molecule has 0 saturated carbocycles. The second kappa shape index (κ2) is 6.07. The van der Waals surface area contributed by atoms with Crippen LogP contribution in [0.25, 0.3) is 0 Å². The van der Waals surface area contributed by atoms with Crippen LogP contribution in [0.2, 0.25) is 0 Å². The molecular formula is C8H17ClN2O2. The van der Waals surface area contributed by atoms with Crippen molar-refractivity contribution in [3.05, 3.63) is 12.4 Å². The zero-order chi connectivity index (χ0) is 8.97. The first-order chi connectivity index (χ1) is 5.76. The maximum Gasteiger partial charge on any atom is 0.0945 e. The van der Waals surface area contributed by atoms with Crippen LogP contribution in [0.5, 0.6) is 0 Å². The molecule has 0 bridgehead atoms. The van der Waals surface area contributed by atoms with E-state index >= 15 is 0 Å². The molecule has 0 spiro atoms. The molecule has 0 aromatic carbocycles. The lowest BCUT2D eigenvalue weighted by Crippen LogP contribution is -2.33. The molecule has 1 heterocycles. The van der Waals surface area contributed by atoms with Crippen molar-refractivity contribution in [2.45, 2.75) is 13.0 Å². The van der Waals surface area contributed by atoms with Crippen molar-refractivity contribution in [1.29, 1.82) is 0 Å². The molecule has 0 saturated heterocycles. The second-order valence-electron chi connectivity index (χ2n) is 2.95. The number of β-amino-alcohol motifs (C(OH)–C–C–N with tert-alkyl or cyclic N) is 1. The van der Waals surface area contributed by atoms with E-state index in [1.54, 1.807) is 0 Å². The van der Waals surface area contributed by atoms with Crippen molar-refractivity contribution >= 4 is 12.4 Å². The highest BCUT2D eigenvalue weighted by Gasteiger charge is 2.13. The highest BCUT2D eigenvalue weighted by molar-refractivity contribution is 5.85. The summed E-state index contributed by atoms with van der Waals surface area (Å²) >= 11 is 0. The molecule has 78 valence electrons. The van der Waals surface area contributed by atoms with Gasteiger partial charge in [0.1, 0.15) is 0 Å². The summed E-state index contributed by atoms with van der Waals surface area (Å²) in [6.07, 6.45) is 3.29. The molecule has 1 rings (SSSR count). The largest absolute Gasteiger partial charge is 0.394 e. The molecule has 4 nitrogen and oxygen atoms in total. The van der Waals surface area contributed by atoms with Gasteiger partial charge >= 0.3 is 0 Å². The summed E-state index contributed by atoms with van der Waals surface area (Å²) in [5, 5.41) is 17.7. The topological polar surface area (TPSA) is 46.9 Å². The van der Waals surface area contributed by atoms with Gasteiger partial charge in [-0.05, 0) is 6.92 Å². The van der Waals surface area contributed by atoms with Gasteiger partial charge < -0.3 is 20.0 Å². The second-order valence-corrected chi connectivity index (χ2v) is 2.95. The third-order valence-electron chi connectivity index (χ3n) is 1.91. The molecule has 1 atom stereocenters. The van der Waals surface area contributed by atoms with Crippen LogP contribution in [-0.4, -0.2) is 52.5 Å². The molecule has 13 heavy (non-hydrogen) atoms. The summed E-state index contributed by atoms with van der Waals surface area (Å²) in [6.45, 7) is 4.20. The molecule has 2 N–H and O–H groups in total. The first-order valence-electron chi connectivity index (χ1n) is 4.21. The standard InChI is InChI=1S/C8H16N2O2.ClH/c1-2-9-3-4-10(7-9)5-8(12)6-11;/h3-4,8,11-12H,2,5-7H2,1H3;1H. The van der Waals surface area contributed by atoms with Gasteiger partial charge in [-0.3, -0.25) is 0 Å². The Balaban J connectivity index is 0.00000144. The van der Waals surface area contributed by atoms with Crippen LogP contribution in [0.15, 0.2) is 12.4 Å². The van der Waals surface area contributed by atoms with Crippen LogP contribution in [-0.2, 0) is 0 Å². The maximum absolute atomic E-state index is 9.13. The van der Waals surface area contributed by atoms with E-state index in [-0.39, 0.29) is 19.0 Å². The minimum atomic E-state index is -0.633. The van der Waals surface area contributed by atoms with Crippen molar-refractivity contribution in [1.82, 2.24) is 9.80 Å². The van der Waals surface area contributed by atoms with Crippen molar-refractivity contribution < 1.29 is 10.2 Å². The van der Waals surface area contributed by atoms with E-state index in [1.807, 2.05) is 17.3 Å². The van der Waals surface area contributed by atoms with Gasteiger partial charge in [0.2, 0.25) is 0 Å². The van der Waals surface area contributed by atoms with Crippen LogP contribution in [0, 0.1) is 0 Å². The van der Waals surface area contributed by atoms with Gasteiger partial charge in [0.05, 0.1) is 19.4 Å². The molecule has 0 fully saturated rings. The zero-order valence-electron chi connectivity index (χ0n) is 7.76. The fourth-order valence-corrected chi connectivity index (χ4v) is 1.17. The first kappa shape index (κ1) is 12.6. The molecule has 0 aromatic rings. The normalized spacial score (nSPS) is 17.5. The van der Waals surface area contributed by atoms with Crippen LogP contribution < -0.4 is 0 Å². The average Bonchev–Trinajstić information content (AvgIpc) is 2.52. The molecule has 1 aliphatic heterocycles. The predicted molar refractivity (Wildman–Crippen MR) is 53.4 cm³/mol. The molecular weight excluding hydrogens is 192 g/mol. The summed E-state index contributed by atoms with van der Waals surface area (Å²) < 4.78 is 0. The third-order valence-corrected chi connectivity index (χ3v) is 1.91. The first-order valence-corrected chi connectivity index (χ1v) is 4.21. The van der Waals surface area contributed by atoms with E-state index in [4.69, 9.17) is 10.2 Å². The summed E-state index contributed by atoms with van der Waals surface area (Å²) in [5.74, 6) is 0. The monoisotopic (exact) mass is 208 g/mol. The predicted octanol–water partition coefficient (Wildman–Crippen LogP) is -0.172. The van der Waals surface area contributed by atoms with Crippen molar-refractivity contribution in [3.8, 4) is 0 Å². The smallest absolute Gasteiger partial charge is 0.0945 e. The van der Waals surface area contributed by atoms with Crippen LogP contribution in [0.4, 0.5) is 0 Å². The molecule has 0 radical (unpaired) electrons. The molecule has 5 heteroatoms. The van der Waals surface area contributed by atoms with Gasteiger partial charge in [-0.1, -0.05) is 0 Å². The number of hydrogen-bond donors (Lipinski definition) is 2. The highest BCUT2D eigenvalue weighted by atomic mass is 35.5. The minimum absolute atomic E-state index is 0. The van der Waals surface area contributed by atoms with Crippen molar-refractivity contribution in [3.63, 3.8) is 0 Å².